The molecule has 0 aliphatic carbocycles. The van der Waals surface area contributed by atoms with E-state index in [1.807, 2.05) is 0 Å². The number of carbonyl (C=O) groups is 1. The molecule has 1 aromatic carbocycles. The van der Waals surface area contributed by atoms with Crippen molar-refractivity contribution in [3.63, 3.8) is 0 Å². The number of amides is 1. The average Bonchev–Trinajstić information content (AvgIpc) is 2.08. The quantitative estimate of drug-likeness (QED) is 0.665. The van der Waals surface area contributed by atoms with Crippen molar-refractivity contribution in [1.82, 2.24) is 0 Å². The van der Waals surface area contributed by atoms with E-state index in [1.165, 1.54) is 13.0 Å². The van der Waals surface area contributed by atoms with Crippen LogP contribution in [0, 0.1) is 17.0 Å². The number of carbonyl (C=O) groups excluding carboxylic acids is 1. The highest BCUT2D eigenvalue weighted by atomic mass is 79.9. The Hall–Kier alpha value is -1.43. The van der Waals surface area contributed by atoms with Crippen LogP contribution in [-0.4, -0.2) is 10.8 Å². The van der Waals surface area contributed by atoms with E-state index in [2.05, 4.69) is 21.2 Å². The predicted molar refractivity (Wildman–Crippen MR) is 59.8 cm³/mol. The largest absolute Gasteiger partial charge is 0.320 e. The number of halogens is 1. The first-order valence-corrected chi connectivity index (χ1v) is 4.93. The van der Waals surface area contributed by atoms with Crippen LogP contribution >= 0.6 is 15.9 Å². The van der Waals surface area contributed by atoms with Crippen LogP contribution in [0.1, 0.15) is 12.5 Å². The maximum absolute atomic E-state index is 10.9. The molecule has 0 fully saturated rings. The maximum atomic E-state index is 10.9. The zero-order valence-corrected chi connectivity index (χ0v) is 9.79. The highest BCUT2D eigenvalue weighted by Crippen LogP contribution is 2.31. The monoisotopic (exact) mass is 272 g/mol. The molecular weight excluding hydrogens is 264 g/mol. The molecule has 0 saturated heterocycles. The van der Waals surface area contributed by atoms with Gasteiger partial charge >= 0.3 is 0 Å². The number of benzene rings is 1. The van der Waals surface area contributed by atoms with Gasteiger partial charge < -0.3 is 5.32 Å². The van der Waals surface area contributed by atoms with Gasteiger partial charge in [0.15, 0.2) is 0 Å². The molecule has 6 heteroatoms. The van der Waals surface area contributed by atoms with Crippen molar-refractivity contribution < 1.29 is 9.72 Å². The number of hydrogen-bond donors (Lipinski definition) is 1. The molecule has 0 aliphatic heterocycles. The summed E-state index contributed by atoms with van der Waals surface area (Å²) in [5.41, 5.74) is 0.777. The fourth-order valence-corrected chi connectivity index (χ4v) is 1.77. The van der Waals surface area contributed by atoms with Gasteiger partial charge in [-0.05, 0) is 18.6 Å². The summed E-state index contributed by atoms with van der Waals surface area (Å²) in [6, 6.07) is 3.07. The molecule has 1 rings (SSSR count). The molecule has 0 spiro atoms. The summed E-state index contributed by atoms with van der Waals surface area (Å²) in [4.78, 5) is 21.1. The highest BCUT2D eigenvalue weighted by molar-refractivity contribution is 9.10. The second-order valence-electron chi connectivity index (χ2n) is 3.06. The van der Waals surface area contributed by atoms with Gasteiger partial charge in [-0.2, -0.15) is 0 Å². The molecule has 1 N–H and O–H groups in total. The first kappa shape index (κ1) is 11.6. The Bertz CT molecular complexity index is 432. The molecule has 0 bridgehead atoms. The standard InChI is InChI=1S/C9H9BrN2O3/c1-5-3-7(10)4-8(12(14)15)9(5)11-6(2)13/h3-4H,1-2H3,(H,11,13). The molecule has 15 heavy (non-hydrogen) atoms. The Morgan fingerprint density at radius 2 is 2.13 bits per heavy atom. The molecule has 80 valence electrons. The van der Waals surface area contributed by atoms with Crippen LogP contribution in [0.25, 0.3) is 0 Å². The lowest BCUT2D eigenvalue weighted by atomic mass is 10.1. The summed E-state index contributed by atoms with van der Waals surface area (Å²) in [6.45, 7) is 3.01. The van der Waals surface area contributed by atoms with E-state index in [4.69, 9.17) is 0 Å². The molecule has 1 aromatic rings. The number of nitro groups is 1. The number of aryl methyl sites for hydroxylation is 1. The van der Waals surface area contributed by atoms with Gasteiger partial charge in [0.25, 0.3) is 5.69 Å². The predicted octanol–water partition coefficient (Wildman–Crippen LogP) is 2.62. The van der Waals surface area contributed by atoms with Crippen LogP contribution in [0.3, 0.4) is 0 Å². The zero-order chi connectivity index (χ0) is 11.6. The van der Waals surface area contributed by atoms with Crippen LogP contribution in [0.2, 0.25) is 0 Å². The van der Waals surface area contributed by atoms with Crippen molar-refractivity contribution in [2.75, 3.05) is 5.32 Å². The summed E-state index contributed by atoms with van der Waals surface area (Å²) in [7, 11) is 0. The van der Waals surface area contributed by atoms with E-state index in [0.29, 0.717) is 10.0 Å². The molecular formula is C9H9BrN2O3. The fourth-order valence-electron chi connectivity index (χ4n) is 1.21. The topological polar surface area (TPSA) is 72.2 Å². The van der Waals surface area contributed by atoms with Gasteiger partial charge in [0.1, 0.15) is 5.69 Å². The number of nitro benzene ring substituents is 1. The van der Waals surface area contributed by atoms with Crippen molar-refractivity contribution in [1.29, 1.82) is 0 Å². The van der Waals surface area contributed by atoms with Gasteiger partial charge in [-0.3, -0.25) is 14.9 Å². The number of nitrogens with zero attached hydrogens (tertiary/aromatic N) is 1. The van der Waals surface area contributed by atoms with Crippen LogP contribution < -0.4 is 5.32 Å². The minimum atomic E-state index is -0.525. The Morgan fingerprint density at radius 3 is 2.60 bits per heavy atom. The Labute approximate surface area is 94.8 Å². The summed E-state index contributed by atoms with van der Waals surface area (Å²) >= 11 is 3.16. The number of anilines is 1. The van der Waals surface area contributed by atoms with E-state index >= 15 is 0 Å². The van der Waals surface area contributed by atoms with Crippen molar-refractivity contribution in [2.45, 2.75) is 13.8 Å². The van der Waals surface area contributed by atoms with Gasteiger partial charge in [-0.15, -0.1) is 0 Å². The number of rotatable bonds is 2. The molecule has 0 atom stereocenters. The molecule has 5 nitrogen and oxygen atoms in total. The SMILES string of the molecule is CC(=O)Nc1c(C)cc(Br)cc1[N+](=O)[O-]. The normalized spacial score (nSPS) is 9.80. The summed E-state index contributed by atoms with van der Waals surface area (Å²) in [5.74, 6) is -0.330. The van der Waals surface area contributed by atoms with Gasteiger partial charge in [0.2, 0.25) is 5.91 Å². The van der Waals surface area contributed by atoms with Crippen molar-refractivity contribution >= 4 is 33.2 Å². The van der Waals surface area contributed by atoms with E-state index in [-0.39, 0.29) is 17.3 Å². The summed E-state index contributed by atoms with van der Waals surface area (Å²) in [6.07, 6.45) is 0. The van der Waals surface area contributed by atoms with E-state index in [1.54, 1.807) is 13.0 Å². The Balaban J connectivity index is 3.33. The average molecular weight is 273 g/mol. The van der Waals surface area contributed by atoms with Gasteiger partial charge in [0, 0.05) is 17.5 Å². The lowest BCUT2D eigenvalue weighted by molar-refractivity contribution is -0.384. The van der Waals surface area contributed by atoms with Gasteiger partial charge in [-0.25, -0.2) is 0 Å². The second kappa shape index (κ2) is 4.39. The highest BCUT2D eigenvalue weighted by Gasteiger charge is 2.17. The van der Waals surface area contributed by atoms with Crippen molar-refractivity contribution in [3.05, 3.63) is 32.3 Å². The molecule has 0 heterocycles. The molecule has 0 aliphatic rings. The Morgan fingerprint density at radius 1 is 1.53 bits per heavy atom. The van der Waals surface area contributed by atoms with E-state index < -0.39 is 4.92 Å². The number of nitrogens with one attached hydrogen (secondary N) is 1. The first-order chi connectivity index (χ1) is 6.91. The molecule has 0 unspecified atom stereocenters. The number of hydrogen-bond acceptors (Lipinski definition) is 3. The van der Waals surface area contributed by atoms with Crippen LogP contribution in [0.4, 0.5) is 11.4 Å². The van der Waals surface area contributed by atoms with Crippen molar-refractivity contribution in [2.24, 2.45) is 0 Å². The first-order valence-electron chi connectivity index (χ1n) is 4.14. The van der Waals surface area contributed by atoms with Gasteiger partial charge in [-0.1, -0.05) is 15.9 Å². The van der Waals surface area contributed by atoms with Crippen LogP contribution in [0.5, 0.6) is 0 Å². The third-order valence-corrected chi connectivity index (χ3v) is 2.24. The summed E-state index contributed by atoms with van der Waals surface area (Å²) in [5, 5.41) is 13.2. The minimum Gasteiger partial charge on any atom is -0.320 e. The molecule has 0 aromatic heterocycles. The minimum absolute atomic E-state index is 0.114. The van der Waals surface area contributed by atoms with Gasteiger partial charge in [0.05, 0.1) is 4.92 Å². The lowest BCUT2D eigenvalue weighted by Crippen LogP contribution is -2.09. The van der Waals surface area contributed by atoms with Crippen LogP contribution in [-0.2, 0) is 4.79 Å². The third-order valence-electron chi connectivity index (χ3n) is 1.78. The molecule has 0 saturated carbocycles. The van der Waals surface area contributed by atoms with E-state index in [0.717, 1.165) is 0 Å². The third kappa shape index (κ3) is 2.76. The molecule has 1 amide bonds. The molecule has 0 radical (unpaired) electrons. The zero-order valence-electron chi connectivity index (χ0n) is 8.20. The lowest BCUT2D eigenvalue weighted by Gasteiger charge is -2.07. The maximum Gasteiger partial charge on any atom is 0.294 e. The second-order valence-corrected chi connectivity index (χ2v) is 3.97. The van der Waals surface area contributed by atoms with E-state index in [9.17, 15) is 14.9 Å². The summed E-state index contributed by atoms with van der Waals surface area (Å²) < 4.78 is 0.612. The Kier molecular flexibility index (Phi) is 3.41. The van der Waals surface area contributed by atoms with Crippen molar-refractivity contribution in [3.8, 4) is 0 Å². The van der Waals surface area contributed by atoms with Crippen LogP contribution in [0.15, 0.2) is 16.6 Å². The smallest absolute Gasteiger partial charge is 0.294 e. The fraction of sp³-hybridized carbons (Fsp3) is 0.222.